The van der Waals surface area contributed by atoms with Crippen LogP contribution in [0, 0.1) is 0 Å². The molecule has 7 heterocycles. The van der Waals surface area contributed by atoms with E-state index in [0.29, 0.717) is 34.2 Å². The molecular weight excluding hydrogens is 1190 g/mol. The maximum atomic E-state index is 8.69. The molecule has 19 rings (SSSR count). The van der Waals surface area contributed by atoms with Crippen molar-refractivity contribution in [3.63, 3.8) is 0 Å². The lowest BCUT2D eigenvalue weighted by atomic mass is 10.0. The van der Waals surface area contributed by atoms with Gasteiger partial charge in [-0.15, -0.1) is 22.7 Å². The third-order valence-corrected chi connectivity index (χ3v) is 18.9. The molecule has 9 nitrogen and oxygen atoms in total. The minimum Gasteiger partial charge on any atom is -0.309 e. The van der Waals surface area contributed by atoms with Crippen LogP contribution in [0.2, 0.25) is 0 Å². The standard InChI is InChI=1S/C45H28N4S.C38H23N5S/c1-3-11-29(12-4-1)30-19-21-32(22-20-30)44-46-43(31-13-5-2-6-14-31)47-45(48-44)33-23-25-34(26-24-33)49-39-17-9-7-15-35(39)37-27-38-36-16-8-10-18-41(36)50-42(38)28-40(37)49;1-3-11-24(12-4-1)36-40-37(25-13-5-2-6-14-25)42-38(41-36)26-19-20-35(39-23-26)43-31-17-9-7-15-27(31)29-21-30-28-16-8-10-18-33(28)44-34(30)22-32(29)43/h1-28H;1-23H/i2D,5D,6D,13D,14D;1D,2D,3D,4D,5D,6D,11D,12D,13D,14D. The van der Waals surface area contributed by atoms with Crippen molar-refractivity contribution in [2.24, 2.45) is 0 Å². The maximum Gasteiger partial charge on any atom is 0.165 e. The van der Waals surface area contributed by atoms with E-state index in [2.05, 4.69) is 115 Å². The van der Waals surface area contributed by atoms with E-state index in [1.807, 2.05) is 109 Å². The van der Waals surface area contributed by atoms with Crippen molar-refractivity contribution >= 4 is 107 Å². The van der Waals surface area contributed by atoms with Crippen LogP contribution in [0.3, 0.4) is 0 Å². The van der Waals surface area contributed by atoms with E-state index in [1.54, 1.807) is 34.8 Å². The Kier molecular flexibility index (Phi) is 10.1. The van der Waals surface area contributed by atoms with Crippen LogP contribution in [0.25, 0.3) is 175 Å². The van der Waals surface area contributed by atoms with Gasteiger partial charge >= 0.3 is 0 Å². The lowest BCUT2D eigenvalue weighted by Gasteiger charge is -2.11. The van der Waals surface area contributed by atoms with E-state index in [0.717, 1.165) is 54.4 Å². The summed E-state index contributed by atoms with van der Waals surface area (Å²) in [6.07, 6.45) is 1.53. The molecule has 11 heteroatoms. The average Bonchev–Trinajstić information content (AvgIpc) is 1.60. The summed E-state index contributed by atoms with van der Waals surface area (Å²) in [6, 6.07) is 63.7. The normalized spacial score (nSPS) is 13.9. The van der Waals surface area contributed by atoms with Gasteiger partial charge in [-0.3, -0.25) is 4.57 Å². The van der Waals surface area contributed by atoms with Crippen LogP contribution in [-0.2, 0) is 0 Å². The van der Waals surface area contributed by atoms with Crippen molar-refractivity contribution in [3.8, 4) is 91.0 Å². The predicted molar refractivity (Wildman–Crippen MR) is 390 cm³/mol. The molecule has 0 aliphatic rings. The molecule has 0 spiro atoms. The van der Waals surface area contributed by atoms with Gasteiger partial charge in [-0.05, 0) is 96.1 Å². The molecule has 0 atom stereocenters. The van der Waals surface area contributed by atoms with Crippen LogP contribution in [0.5, 0.6) is 0 Å². The molecule has 0 amide bonds. The molecule has 0 N–H and O–H groups in total. The van der Waals surface area contributed by atoms with Gasteiger partial charge in [0.25, 0.3) is 0 Å². The smallest absolute Gasteiger partial charge is 0.165 e. The molecule has 0 unspecified atom stereocenters. The number of aromatic nitrogens is 9. The number of pyridine rings is 1. The number of hydrogen-bond donors (Lipinski definition) is 0. The van der Waals surface area contributed by atoms with E-state index in [1.165, 1.54) is 52.6 Å². The highest BCUT2D eigenvalue weighted by Gasteiger charge is 2.21. The third-order valence-electron chi connectivity index (χ3n) is 16.7. The second-order valence-electron chi connectivity index (χ2n) is 22.1. The van der Waals surface area contributed by atoms with Crippen molar-refractivity contribution < 1.29 is 20.6 Å². The van der Waals surface area contributed by atoms with Crippen molar-refractivity contribution in [3.05, 3.63) is 309 Å². The average molecular weight is 1250 g/mol. The van der Waals surface area contributed by atoms with Crippen molar-refractivity contribution in [1.82, 2.24) is 44.0 Å². The van der Waals surface area contributed by atoms with E-state index < -0.39 is 78.6 Å². The second-order valence-corrected chi connectivity index (χ2v) is 24.3. The zero-order valence-electron chi connectivity index (χ0n) is 64.1. The molecule has 7 aromatic heterocycles. The van der Waals surface area contributed by atoms with Gasteiger partial charge < -0.3 is 4.57 Å². The van der Waals surface area contributed by atoms with Gasteiger partial charge in [0, 0.05) is 107 Å². The quantitative estimate of drug-likeness (QED) is 0.142. The van der Waals surface area contributed by atoms with Crippen LogP contribution in [-0.4, -0.2) is 44.0 Å². The first-order valence-corrected chi connectivity index (χ1v) is 31.6. The molecule has 440 valence electrons. The Morgan fingerprint density at radius 3 is 1.11 bits per heavy atom. The Bertz CT molecular complexity index is 6880. The third kappa shape index (κ3) is 9.73. The second kappa shape index (κ2) is 23.0. The summed E-state index contributed by atoms with van der Waals surface area (Å²) in [5.74, 6) is 0.515. The highest BCUT2D eigenvalue weighted by molar-refractivity contribution is 7.26. The molecule has 0 aliphatic carbocycles. The van der Waals surface area contributed by atoms with Crippen LogP contribution < -0.4 is 0 Å². The number of rotatable bonds is 9. The molecule has 0 radical (unpaired) electrons. The fourth-order valence-electron chi connectivity index (χ4n) is 12.3. The molecule has 0 bridgehead atoms. The molecular formula is C83H51N9S2. The van der Waals surface area contributed by atoms with Crippen LogP contribution in [0.15, 0.2) is 309 Å². The van der Waals surface area contributed by atoms with Gasteiger partial charge in [-0.2, -0.15) is 0 Å². The van der Waals surface area contributed by atoms with E-state index in [4.69, 9.17) is 40.5 Å². The van der Waals surface area contributed by atoms with E-state index in [-0.39, 0.29) is 52.1 Å². The van der Waals surface area contributed by atoms with Gasteiger partial charge in [0.1, 0.15) is 5.82 Å². The number of para-hydroxylation sites is 2. The van der Waals surface area contributed by atoms with Gasteiger partial charge in [-0.1, -0.05) is 218 Å². The van der Waals surface area contributed by atoms with Gasteiger partial charge in [0.2, 0.25) is 0 Å². The van der Waals surface area contributed by atoms with Crippen LogP contribution >= 0.6 is 22.7 Å². The summed E-state index contributed by atoms with van der Waals surface area (Å²) in [6.45, 7) is 0. The Morgan fingerprint density at radius 2 is 0.628 bits per heavy atom. The molecule has 94 heavy (non-hydrogen) atoms. The first kappa shape index (κ1) is 41.3. The van der Waals surface area contributed by atoms with E-state index in [9.17, 15) is 0 Å². The molecule has 0 saturated carbocycles. The number of hydrogen-bond acceptors (Lipinski definition) is 9. The minimum absolute atomic E-state index is 0.00274. The molecule has 0 saturated heterocycles. The fourth-order valence-corrected chi connectivity index (χ4v) is 14.6. The molecule has 0 aliphatic heterocycles. The van der Waals surface area contributed by atoms with Gasteiger partial charge in [0.05, 0.1) is 42.6 Å². The highest BCUT2D eigenvalue weighted by Crippen LogP contribution is 2.43. The predicted octanol–water partition coefficient (Wildman–Crippen LogP) is 21.7. The number of thiophene rings is 2. The largest absolute Gasteiger partial charge is 0.309 e. The monoisotopic (exact) mass is 1250 g/mol. The number of benzene rings is 12. The zero-order chi connectivity index (χ0) is 75.1. The summed E-state index contributed by atoms with van der Waals surface area (Å²) in [4.78, 5) is 32.6. The lowest BCUT2D eigenvalue weighted by Crippen LogP contribution is -2.01. The topological polar surface area (TPSA) is 100 Å². The lowest BCUT2D eigenvalue weighted by molar-refractivity contribution is 1.05. The van der Waals surface area contributed by atoms with Crippen LogP contribution in [0.1, 0.15) is 20.6 Å². The first-order valence-electron chi connectivity index (χ1n) is 37.4. The SMILES string of the molecule is [2H]c1c([2H])c([2H])c(-c2nc(-c3ccc(-c4ccccc4)cc3)nc(-c3ccc(-n4c5ccccc5c5cc6c(cc54)sc4ccccc46)cc3)n2)c([2H])c1[2H].[2H]c1c([2H])c([2H])c(-c2nc(-c3ccc(-n4c5ccccc5c5cc6c(cc54)sc4ccccc46)nc3)nc(-c3c([2H])c([2H])c([2H])c([2H])c3[2H])n2)c([2H])c1[2H]. The summed E-state index contributed by atoms with van der Waals surface area (Å²) < 4.78 is 135. The van der Waals surface area contributed by atoms with Crippen molar-refractivity contribution in [2.45, 2.75) is 0 Å². The molecule has 19 aromatic rings. The fraction of sp³-hybridized carbons (Fsp3) is 0. The van der Waals surface area contributed by atoms with Crippen molar-refractivity contribution in [2.75, 3.05) is 0 Å². The Labute approximate surface area is 568 Å². The molecule has 12 aromatic carbocycles. The number of fused-ring (bicyclic) bond motifs is 12. The first-order chi connectivity index (χ1) is 52.8. The summed E-state index contributed by atoms with van der Waals surface area (Å²) in [7, 11) is 0. The summed E-state index contributed by atoms with van der Waals surface area (Å²) in [5.41, 5.74) is 8.16. The highest BCUT2D eigenvalue weighted by atomic mass is 32.1. The van der Waals surface area contributed by atoms with Gasteiger partial charge in [-0.25, -0.2) is 34.9 Å². The summed E-state index contributed by atoms with van der Waals surface area (Å²) >= 11 is 3.52. The number of nitrogens with zero attached hydrogens (tertiary/aromatic N) is 9. The van der Waals surface area contributed by atoms with Crippen LogP contribution in [0.4, 0.5) is 0 Å². The Morgan fingerprint density at radius 1 is 0.255 bits per heavy atom. The zero-order valence-corrected chi connectivity index (χ0v) is 50.8. The maximum absolute atomic E-state index is 8.69. The molecule has 0 fully saturated rings. The van der Waals surface area contributed by atoms with E-state index >= 15 is 0 Å². The van der Waals surface area contributed by atoms with Crippen molar-refractivity contribution in [1.29, 1.82) is 0 Å². The summed E-state index contributed by atoms with van der Waals surface area (Å²) in [5, 5.41) is 9.35. The Balaban J connectivity index is 0.000000153. The Hall–Kier alpha value is -12.2. The minimum atomic E-state index is -0.609. The van der Waals surface area contributed by atoms with Gasteiger partial charge in [0.15, 0.2) is 34.9 Å².